The summed E-state index contributed by atoms with van der Waals surface area (Å²) in [6.45, 7) is 0.649. The normalized spacial score (nSPS) is 15.1. The van der Waals surface area contributed by atoms with Crippen molar-refractivity contribution in [1.29, 1.82) is 0 Å². The number of hydrogen-bond donors (Lipinski definition) is 2. The number of carbonyl (C=O) groups excluding carboxylic acids is 1. The van der Waals surface area contributed by atoms with Crippen LogP contribution >= 0.6 is 0 Å². The van der Waals surface area contributed by atoms with E-state index < -0.39 is 5.97 Å². The highest BCUT2D eigenvalue weighted by Crippen LogP contribution is 2.16. The van der Waals surface area contributed by atoms with Crippen molar-refractivity contribution in [2.75, 3.05) is 6.54 Å². The van der Waals surface area contributed by atoms with E-state index in [1.54, 1.807) is 12.1 Å². The zero-order chi connectivity index (χ0) is 10.8. The number of aryl methyl sites for hydroxylation is 1. The van der Waals surface area contributed by atoms with Crippen molar-refractivity contribution in [2.45, 2.75) is 12.8 Å². The van der Waals surface area contributed by atoms with Crippen LogP contribution in [0.2, 0.25) is 0 Å². The molecule has 0 saturated carbocycles. The topological polar surface area (TPSA) is 66.4 Å². The number of nitrogens with one attached hydrogen (secondary N) is 1. The summed E-state index contributed by atoms with van der Waals surface area (Å²) in [5.74, 6) is -1.18. The number of aromatic carboxylic acids is 1. The second-order valence-corrected chi connectivity index (χ2v) is 3.54. The average molecular weight is 205 g/mol. The standard InChI is InChI=1S/C11H11NO3/c13-10-9-6-8(11(14)15)4-3-7(9)2-1-5-12-10/h3-4,6H,1-2,5H2,(H,12,13)(H,14,15). The Bertz CT molecular complexity index is 426. The monoisotopic (exact) mass is 205 g/mol. The third-order valence-electron chi connectivity index (χ3n) is 2.51. The highest BCUT2D eigenvalue weighted by molar-refractivity contribution is 5.99. The van der Waals surface area contributed by atoms with Crippen LogP contribution in [0.25, 0.3) is 0 Å². The molecule has 0 radical (unpaired) electrons. The first-order valence-corrected chi connectivity index (χ1v) is 4.83. The summed E-state index contributed by atoms with van der Waals surface area (Å²) in [5.41, 5.74) is 1.58. The van der Waals surface area contributed by atoms with Crippen molar-refractivity contribution in [3.05, 3.63) is 34.9 Å². The Balaban J connectivity index is 2.48. The van der Waals surface area contributed by atoms with Gasteiger partial charge in [-0.3, -0.25) is 4.79 Å². The van der Waals surface area contributed by atoms with E-state index in [4.69, 9.17) is 5.11 Å². The summed E-state index contributed by atoms with van der Waals surface area (Å²) in [6, 6.07) is 4.71. The molecule has 0 bridgehead atoms. The Hall–Kier alpha value is -1.84. The zero-order valence-corrected chi connectivity index (χ0v) is 8.12. The summed E-state index contributed by atoms with van der Waals surface area (Å²) in [4.78, 5) is 22.3. The minimum absolute atomic E-state index is 0.158. The van der Waals surface area contributed by atoms with E-state index in [9.17, 15) is 9.59 Å². The quantitative estimate of drug-likeness (QED) is 0.720. The van der Waals surface area contributed by atoms with Crippen LogP contribution in [-0.2, 0) is 6.42 Å². The molecule has 1 aliphatic rings. The Morgan fingerprint density at radius 3 is 2.93 bits per heavy atom. The minimum Gasteiger partial charge on any atom is -0.478 e. The highest BCUT2D eigenvalue weighted by Gasteiger charge is 2.16. The maximum absolute atomic E-state index is 11.6. The number of rotatable bonds is 1. The van der Waals surface area contributed by atoms with Gasteiger partial charge in [0.15, 0.2) is 0 Å². The van der Waals surface area contributed by atoms with E-state index in [2.05, 4.69) is 5.32 Å². The minimum atomic E-state index is -1.00. The molecule has 78 valence electrons. The summed E-state index contributed by atoms with van der Waals surface area (Å²) in [6.07, 6.45) is 1.71. The Morgan fingerprint density at radius 1 is 1.40 bits per heavy atom. The van der Waals surface area contributed by atoms with Gasteiger partial charge in [0.2, 0.25) is 0 Å². The van der Waals surface area contributed by atoms with Gasteiger partial charge in [-0.25, -0.2) is 4.79 Å². The molecule has 1 aliphatic heterocycles. The van der Waals surface area contributed by atoms with Gasteiger partial charge in [0.1, 0.15) is 0 Å². The van der Waals surface area contributed by atoms with E-state index in [0.717, 1.165) is 18.4 Å². The molecule has 4 heteroatoms. The lowest BCUT2D eigenvalue weighted by Crippen LogP contribution is -2.22. The van der Waals surface area contributed by atoms with E-state index in [1.807, 2.05) is 0 Å². The van der Waals surface area contributed by atoms with Crippen LogP contribution in [0.4, 0.5) is 0 Å². The Labute approximate surface area is 86.9 Å². The lowest BCUT2D eigenvalue weighted by Gasteiger charge is -2.04. The van der Waals surface area contributed by atoms with E-state index >= 15 is 0 Å². The van der Waals surface area contributed by atoms with Gasteiger partial charge in [-0.1, -0.05) is 6.07 Å². The smallest absolute Gasteiger partial charge is 0.335 e. The Morgan fingerprint density at radius 2 is 2.20 bits per heavy atom. The first-order valence-electron chi connectivity index (χ1n) is 4.83. The molecular weight excluding hydrogens is 194 g/mol. The van der Waals surface area contributed by atoms with Crippen molar-refractivity contribution in [3.63, 3.8) is 0 Å². The van der Waals surface area contributed by atoms with Gasteiger partial charge < -0.3 is 10.4 Å². The molecule has 2 rings (SSSR count). The number of fused-ring (bicyclic) bond motifs is 1. The molecule has 1 heterocycles. The first kappa shape index (κ1) is 9.71. The number of carbonyl (C=O) groups is 2. The van der Waals surface area contributed by atoms with Crippen LogP contribution in [0, 0.1) is 0 Å². The largest absolute Gasteiger partial charge is 0.478 e. The van der Waals surface area contributed by atoms with Crippen LogP contribution in [0.3, 0.4) is 0 Å². The molecule has 1 aromatic carbocycles. The van der Waals surface area contributed by atoms with E-state index in [-0.39, 0.29) is 11.5 Å². The van der Waals surface area contributed by atoms with Crippen LogP contribution in [0.15, 0.2) is 18.2 Å². The predicted molar refractivity (Wildman–Crippen MR) is 54.1 cm³/mol. The number of hydrogen-bond acceptors (Lipinski definition) is 2. The van der Waals surface area contributed by atoms with Gasteiger partial charge in [-0.05, 0) is 30.5 Å². The van der Waals surface area contributed by atoms with Gasteiger partial charge in [0.05, 0.1) is 5.56 Å². The molecule has 2 N–H and O–H groups in total. The second-order valence-electron chi connectivity index (χ2n) is 3.54. The van der Waals surface area contributed by atoms with Crippen LogP contribution < -0.4 is 5.32 Å². The lowest BCUT2D eigenvalue weighted by atomic mass is 10.0. The third-order valence-corrected chi connectivity index (χ3v) is 2.51. The molecule has 1 amide bonds. The summed E-state index contributed by atoms with van der Waals surface area (Å²) >= 11 is 0. The Kier molecular flexibility index (Phi) is 2.41. The molecule has 0 saturated heterocycles. The molecule has 0 spiro atoms. The lowest BCUT2D eigenvalue weighted by molar-refractivity contribution is 0.0697. The number of benzene rings is 1. The predicted octanol–water partition coefficient (Wildman–Crippen LogP) is 1.06. The van der Waals surface area contributed by atoms with E-state index in [1.165, 1.54) is 6.07 Å². The van der Waals surface area contributed by atoms with Gasteiger partial charge in [0, 0.05) is 12.1 Å². The molecular formula is C11H11NO3. The summed E-state index contributed by atoms with van der Waals surface area (Å²) in [7, 11) is 0. The number of carboxylic acids is 1. The molecule has 1 aromatic rings. The fraction of sp³-hybridized carbons (Fsp3) is 0.273. The maximum Gasteiger partial charge on any atom is 0.335 e. The van der Waals surface area contributed by atoms with Crippen molar-refractivity contribution in [1.82, 2.24) is 5.32 Å². The van der Waals surface area contributed by atoms with Crippen molar-refractivity contribution < 1.29 is 14.7 Å². The second kappa shape index (κ2) is 3.73. The van der Waals surface area contributed by atoms with Crippen molar-refractivity contribution in [2.24, 2.45) is 0 Å². The molecule has 15 heavy (non-hydrogen) atoms. The number of amides is 1. The van der Waals surface area contributed by atoms with Gasteiger partial charge in [-0.15, -0.1) is 0 Å². The SMILES string of the molecule is O=C(O)c1ccc2c(c1)C(=O)NCCC2. The molecule has 0 aliphatic carbocycles. The first-order chi connectivity index (χ1) is 7.18. The molecule has 4 nitrogen and oxygen atoms in total. The fourth-order valence-electron chi connectivity index (χ4n) is 1.71. The fourth-order valence-corrected chi connectivity index (χ4v) is 1.71. The summed E-state index contributed by atoms with van der Waals surface area (Å²) < 4.78 is 0. The van der Waals surface area contributed by atoms with Crippen LogP contribution in [0.5, 0.6) is 0 Å². The van der Waals surface area contributed by atoms with Crippen molar-refractivity contribution in [3.8, 4) is 0 Å². The summed E-state index contributed by atoms with van der Waals surface area (Å²) in [5, 5.41) is 11.5. The third kappa shape index (κ3) is 1.83. The molecule has 0 fully saturated rings. The maximum atomic E-state index is 11.6. The van der Waals surface area contributed by atoms with E-state index in [0.29, 0.717) is 12.1 Å². The van der Waals surface area contributed by atoms with Gasteiger partial charge in [-0.2, -0.15) is 0 Å². The highest BCUT2D eigenvalue weighted by atomic mass is 16.4. The molecule has 0 unspecified atom stereocenters. The average Bonchev–Trinajstić information content (AvgIpc) is 2.40. The molecule has 0 atom stereocenters. The number of carboxylic acid groups (broad SMARTS) is 1. The van der Waals surface area contributed by atoms with Gasteiger partial charge in [0.25, 0.3) is 5.91 Å². The van der Waals surface area contributed by atoms with Crippen molar-refractivity contribution >= 4 is 11.9 Å². The van der Waals surface area contributed by atoms with Crippen LogP contribution in [-0.4, -0.2) is 23.5 Å². The molecule has 0 aromatic heterocycles. The zero-order valence-electron chi connectivity index (χ0n) is 8.12. The van der Waals surface area contributed by atoms with Crippen LogP contribution in [0.1, 0.15) is 32.7 Å². The van der Waals surface area contributed by atoms with Gasteiger partial charge >= 0.3 is 5.97 Å².